The molecular formula is C27H33N3O8S. The quantitative estimate of drug-likeness (QED) is 0.211. The van der Waals surface area contributed by atoms with E-state index in [9.17, 15) is 23.3 Å². The summed E-state index contributed by atoms with van der Waals surface area (Å²) >= 11 is 0. The van der Waals surface area contributed by atoms with Crippen molar-refractivity contribution < 1.29 is 32.0 Å². The summed E-state index contributed by atoms with van der Waals surface area (Å²) in [5.41, 5.74) is 0.682. The van der Waals surface area contributed by atoms with Gasteiger partial charge in [-0.15, -0.1) is 0 Å². The number of nitro benzene ring substituents is 1. The minimum Gasteiger partial charge on any atom is -0.493 e. The zero-order valence-corrected chi connectivity index (χ0v) is 23.2. The van der Waals surface area contributed by atoms with Crippen LogP contribution in [0, 0.1) is 10.1 Å². The molecule has 0 spiro atoms. The third-order valence-electron chi connectivity index (χ3n) is 6.43. The summed E-state index contributed by atoms with van der Waals surface area (Å²) < 4.78 is 44.3. The monoisotopic (exact) mass is 559 g/mol. The van der Waals surface area contributed by atoms with Gasteiger partial charge in [0.2, 0.25) is 15.9 Å². The molecule has 210 valence electrons. The highest BCUT2D eigenvalue weighted by Gasteiger charge is 2.32. The van der Waals surface area contributed by atoms with Crippen molar-refractivity contribution in [2.24, 2.45) is 0 Å². The predicted octanol–water partition coefficient (Wildman–Crippen LogP) is 4.27. The molecule has 0 aliphatic rings. The normalized spacial score (nSPS) is 12.2. The molecule has 2 aromatic carbocycles. The molecule has 12 heteroatoms. The van der Waals surface area contributed by atoms with Gasteiger partial charge in [-0.25, -0.2) is 8.42 Å². The number of methoxy groups -OCH3 is 2. The molecule has 39 heavy (non-hydrogen) atoms. The van der Waals surface area contributed by atoms with Crippen molar-refractivity contribution in [1.29, 1.82) is 0 Å². The first-order valence-corrected chi connectivity index (χ1v) is 13.8. The van der Waals surface area contributed by atoms with E-state index < -0.39 is 33.4 Å². The maximum absolute atomic E-state index is 13.6. The number of hydrogen-bond donors (Lipinski definition) is 0. The van der Waals surface area contributed by atoms with Gasteiger partial charge in [0.15, 0.2) is 11.5 Å². The third-order valence-corrected chi connectivity index (χ3v) is 8.40. The second-order valence-electron chi connectivity index (χ2n) is 8.89. The average molecular weight is 560 g/mol. The molecule has 3 aromatic rings. The van der Waals surface area contributed by atoms with Crippen molar-refractivity contribution in [2.45, 2.75) is 44.2 Å². The first-order chi connectivity index (χ1) is 18.6. The fourth-order valence-corrected chi connectivity index (χ4v) is 5.63. The van der Waals surface area contributed by atoms with Gasteiger partial charge < -0.3 is 18.8 Å². The molecule has 1 atom stereocenters. The minimum absolute atomic E-state index is 0.121. The Labute approximate surface area is 228 Å². The van der Waals surface area contributed by atoms with Gasteiger partial charge in [0.05, 0.1) is 43.4 Å². The number of furan rings is 1. The Morgan fingerprint density at radius 2 is 1.77 bits per heavy atom. The zero-order valence-electron chi connectivity index (χ0n) is 22.4. The summed E-state index contributed by atoms with van der Waals surface area (Å²) in [5.74, 6) is 1.31. The molecule has 0 aliphatic carbocycles. The summed E-state index contributed by atoms with van der Waals surface area (Å²) in [6.45, 7) is 3.59. The van der Waals surface area contributed by atoms with Crippen molar-refractivity contribution in [3.05, 3.63) is 82.3 Å². The lowest BCUT2D eigenvalue weighted by atomic mass is 10.1. The molecule has 0 saturated heterocycles. The highest BCUT2D eigenvalue weighted by atomic mass is 32.2. The lowest BCUT2D eigenvalue weighted by Gasteiger charge is -2.30. The van der Waals surface area contributed by atoms with Crippen LogP contribution in [0.5, 0.6) is 11.5 Å². The Morgan fingerprint density at radius 3 is 2.33 bits per heavy atom. The first-order valence-electron chi connectivity index (χ1n) is 12.4. The number of carbonyl (C=O) groups excluding carboxylic acids is 1. The lowest BCUT2D eigenvalue weighted by molar-refractivity contribution is -0.384. The maximum Gasteiger partial charge on any atom is 0.269 e. The van der Waals surface area contributed by atoms with Gasteiger partial charge in [0.25, 0.3) is 5.69 Å². The summed E-state index contributed by atoms with van der Waals surface area (Å²) in [6.07, 6.45) is 2.45. The molecule has 1 heterocycles. The Morgan fingerprint density at radius 1 is 1.08 bits per heavy atom. The number of rotatable bonds is 14. The van der Waals surface area contributed by atoms with Gasteiger partial charge in [-0.2, -0.15) is 4.31 Å². The van der Waals surface area contributed by atoms with Crippen LogP contribution < -0.4 is 9.47 Å². The van der Waals surface area contributed by atoms with E-state index >= 15 is 0 Å². The van der Waals surface area contributed by atoms with Crippen molar-refractivity contribution >= 4 is 21.6 Å². The van der Waals surface area contributed by atoms with Gasteiger partial charge in [0, 0.05) is 24.7 Å². The average Bonchev–Trinajstić information content (AvgIpc) is 3.46. The largest absolute Gasteiger partial charge is 0.493 e. The number of nitrogens with zero attached hydrogens (tertiary/aromatic N) is 3. The molecule has 0 N–H and O–H groups in total. The van der Waals surface area contributed by atoms with Gasteiger partial charge in [-0.3, -0.25) is 14.9 Å². The zero-order chi connectivity index (χ0) is 28.6. The third kappa shape index (κ3) is 7.36. The van der Waals surface area contributed by atoms with E-state index in [1.54, 1.807) is 44.2 Å². The van der Waals surface area contributed by atoms with E-state index in [0.29, 0.717) is 36.6 Å². The maximum atomic E-state index is 13.6. The molecule has 0 saturated carbocycles. The Hall–Kier alpha value is -3.90. The SMILES string of the molecule is CCC(C)N(CC(=O)N(CCc1ccc(OC)c(OC)c1)Cc1ccco1)S(=O)(=O)c1ccc([N+](=O)[O-])cc1. The molecule has 0 fully saturated rings. The van der Waals surface area contributed by atoms with Crippen LogP contribution in [0.1, 0.15) is 31.6 Å². The summed E-state index contributed by atoms with van der Waals surface area (Å²) in [7, 11) is -1.02. The minimum atomic E-state index is -4.12. The van der Waals surface area contributed by atoms with Crippen molar-refractivity contribution in [3.8, 4) is 11.5 Å². The fourth-order valence-electron chi connectivity index (χ4n) is 3.97. The van der Waals surface area contributed by atoms with Crippen LogP contribution in [-0.4, -0.2) is 61.8 Å². The number of amides is 1. The molecule has 0 aliphatic heterocycles. The highest BCUT2D eigenvalue weighted by molar-refractivity contribution is 7.89. The van der Waals surface area contributed by atoms with Crippen LogP contribution in [0.3, 0.4) is 0 Å². The Kier molecular flexibility index (Phi) is 10.1. The second-order valence-corrected chi connectivity index (χ2v) is 10.8. The first kappa shape index (κ1) is 29.7. The molecule has 3 rings (SSSR count). The van der Waals surface area contributed by atoms with Crippen LogP contribution in [0.4, 0.5) is 5.69 Å². The van der Waals surface area contributed by atoms with Crippen molar-refractivity contribution in [2.75, 3.05) is 27.3 Å². The summed E-state index contributed by atoms with van der Waals surface area (Å²) in [6, 6.07) is 13.1. The number of non-ortho nitro benzene ring substituents is 1. The number of sulfonamides is 1. The van der Waals surface area contributed by atoms with Crippen LogP contribution in [0.2, 0.25) is 0 Å². The smallest absolute Gasteiger partial charge is 0.269 e. The molecule has 11 nitrogen and oxygen atoms in total. The highest BCUT2D eigenvalue weighted by Crippen LogP contribution is 2.28. The molecule has 1 unspecified atom stereocenters. The molecule has 0 radical (unpaired) electrons. The number of benzene rings is 2. The van der Waals surface area contributed by atoms with E-state index in [1.807, 2.05) is 19.1 Å². The number of nitro groups is 1. The summed E-state index contributed by atoms with van der Waals surface area (Å²) in [4.78, 5) is 25.4. The fraction of sp³-hybridized carbons (Fsp3) is 0.370. The number of hydrogen-bond acceptors (Lipinski definition) is 8. The van der Waals surface area contributed by atoms with Crippen LogP contribution in [-0.2, 0) is 27.8 Å². The second kappa shape index (κ2) is 13.3. The standard InChI is InChI=1S/C27H33N3O8S/c1-5-20(2)29(39(34,35)24-11-9-22(10-12-24)30(32)33)19-27(31)28(18-23-7-6-16-38-23)15-14-21-8-13-25(36-3)26(17-21)37-4/h6-13,16-17,20H,5,14-15,18-19H2,1-4H3. The van der Waals surface area contributed by atoms with Crippen LogP contribution in [0.25, 0.3) is 0 Å². The number of carbonyl (C=O) groups is 1. The predicted molar refractivity (Wildman–Crippen MR) is 144 cm³/mol. The van der Waals surface area contributed by atoms with Crippen molar-refractivity contribution in [3.63, 3.8) is 0 Å². The van der Waals surface area contributed by atoms with Gasteiger partial charge in [0.1, 0.15) is 5.76 Å². The van der Waals surface area contributed by atoms with E-state index in [4.69, 9.17) is 13.9 Å². The van der Waals surface area contributed by atoms with Crippen LogP contribution in [0.15, 0.2) is 70.2 Å². The molecule has 1 aromatic heterocycles. The topological polar surface area (TPSA) is 132 Å². The lowest BCUT2D eigenvalue weighted by Crippen LogP contribution is -2.46. The summed E-state index contributed by atoms with van der Waals surface area (Å²) in [5, 5.41) is 11.0. The Balaban J connectivity index is 1.85. The van der Waals surface area contributed by atoms with Crippen molar-refractivity contribution in [1.82, 2.24) is 9.21 Å². The molecule has 1 amide bonds. The number of ether oxygens (including phenoxy) is 2. The Bertz CT molecular complexity index is 1360. The van der Waals surface area contributed by atoms with E-state index in [0.717, 1.165) is 22.0 Å². The van der Waals surface area contributed by atoms with Gasteiger partial charge in [-0.1, -0.05) is 13.0 Å². The molecular weight excluding hydrogens is 526 g/mol. The molecule has 0 bridgehead atoms. The van der Waals surface area contributed by atoms with E-state index in [-0.39, 0.29) is 17.1 Å². The van der Waals surface area contributed by atoms with Crippen LogP contribution >= 0.6 is 0 Å². The van der Waals surface area contributed by atoms with Gasteiger partial charge >= 0.3 is 0 Å². The van der Waals surface area contributed by atoms with E-state index in [2.05, 4.69) is 0 Å². The van der Waals surface area contributed by atoms with E-state index in [1.165, 1.54) is 18.4 Å². The van der Waals surface area contributed by atoms with Gasteiger partial charge in [-0.05, 0) is 61.7 Å².